The fourth-order valence-electron chi connectivity index (χ4n) is 16.7. The normalized spacial score (nSPS) is 18.4. The minimum Gasteiger partial charge on any atom is -0.478 e. The highest BCUT2D eigenvalue weighted by atomic mass is 16.5. The van der Waals surface area contributed by atoms with Gasteiger partial charge in [0.2, 0.25) is 0 Å². The minimum absolute atomic E-state index is 0. The Bertz CT molecular complexity index is 3890. The third-order valence-electron chi connectivity index (χ3n) is 20.8. The van der Waals surface area contributed by atoms with Crippen molar-refractivity contribution in [1.29, 1.82) is 0 Å². The SMILES string of the molecule is C.O=C(O)c1ccc2c(C3CCCCC3)c3n(c2c1)CCCn1cc(C2CCN(CCO)CC2)c2cccc-3c21.O=C(O)c1ccc2c(C3CCCCC3)c3n(c2c1)CCCn1cc(C2CCN(CCOCc4ccccc4)CC2)c2cccc-3c21. The highest BCUT2D eigenvalue weighted by Crippen LogP contribution is 2.50. The predicted octanol–water partition coefficient (Wildman–Crippen LogP) is 16.0. The number of carbonyl (C=O) groups is 2. The molecule has 2 aliphatic carbocycles. The van der Waals surface area contributed by atoms with Gasteiger partial charge in [0.05, 0.1) is 53.4 Å². The van der Waals surface area contributed by atoms with Crippen LogP contribution in [0.1, 0.15) is 182 Å². The molecule has 4 aliphatic heterocycles. The molecule has 4 aromatic heterocycles. The lowest BCUT2D eigenvalue weighted by Crippen LogP contribution is -2.35. The summed E-state index contributed by atoms with van der Waals surface area (Å²) in [6, 6.07) is 35.9. The fraction of sp³-hybridized carbons (Fsp3) is 0.459. The molecule has 0 unspecified atom stereocenters. The summed E-state index contributed by atoms with van der Waals surface area (Å²) in [4.78, 5) is 28.9. The Labute approximate surface area is 507 Å². The van der Waals surface area contributed by atoms with Gasteiger partial charge in [-0.15, -0.1) is 0 Å². The molecular formula is C74H88N6O6. The lowest BCUT2D eigenvalue weighted by atomic mass is 9.81. The van der Waals surface area contributed by atoms with E-state index >= 15 is 0 Å². The Balaban J connectivity index is 0.000000160. The number of β-amino-alcohol motifs (C(OH)–C–C–N with tert-alkyl or cyclic N) is 1. The van der Waals surface area contributed by atoms with Gasteiger partial charge in [-0.3, -0.25) is 0 Å². The van der Waals surface area contributed by atoms with Crippen LogP contribution in [0.15, 0.2) is 116 Å². The number of aromatic carboxylic acids is 2. The first-order valence-corrected chi connectivity index (χ1v) is 32.5. The second-order valence-electron chi connectivity index (χ2n) is 25.7. The van der Waals surface area contributed by atoms with Gasteiger partial charge >= 0.3 is 11.9 Å². The number of carboxylic acids is 2. The first-order valence-electron chi connectivity index (χ1n) is 32.5. The Morgan fingerprint density at radius 1 is 0.465 bits per heavy atom. The second-order valence-corrected chi connectivity index (χ2v) is 25.7. The van der Waals surface area contributed by atoms with E-state index in [0.717, 1.165) is 109 Å². The second kappa shape index (κ2) is 25.4. The smallest absolute Gasteiger partial charge is 0.335 e. The molecule has 15 rings (SSSR count). The molecule has 12 nitrogen and oxygen atoms in total. The molecule has 5 aromatic carbocycles. The molecule has 9 aromatic rings. The number of rotatable bonds is 13. The quantitative estimate of drug-likeness (QED) is 0.0973. The summed E-state index contributed by atoms with van der Waals surface area (Å²) in [6.07, 6.45) is 24.1. The topological polar surface area (TPSA) is 130 Å². The average molecular weight is 1160 g/mol. The number of hydrogen-bond acceptors (Lipinski definition) is 6. The van der Waals surface area contributed by atoms with E-state index in [-0.39, 0.29) is 14.0 Å². The van der Waals surface area contributed by atoms with E-state index in [9.17, 15) is 24.9 Å². The number of benzene rings is 5. The van der Waals surface area contributed by atoms with Crippen molar-refractivity contribution in [2.75, 3.05) is 52.5 Å². The van der Waals surface area contributed by atoms with Crippen LogP contribution in [0.2, 0.25) is 0 Å². The number of aliphatic hydroxyl groups is 1. The number of aliphatic hydroxyl groups excluding tert-OH is 1. The average Bonchev–Trinajstić information content (AvgIpc) is 1.66. The Morgan fingerprint density at radius 2 is 0.930 bits per heavy atom. The van der Waals surface area contributed by atoms with Crippen LogP contribution in [0.4, 0.5) is 0 Å². The number of aromatic nitrogens is 4. The summed E-state index contributed by atoms with van der Waals surface area (Å²) in [5.41, 5.74) is 18.1. The van der Waals surface area contributed by atoms with Crippen LogP contribution < -0.4 is 0 Å². The number of likely N-dealkylation sites (tertiary alicyclic amines) is 2. The molecule has 6 aliphatic rings. The number of carboxylic acid groups (broad SMARTS) is 2. The van der Waals surface area contributed by atoms with Crippen LogP contribution >= 0.6 is 0 Å². The van der Waals surface area contributed by atoms with Crippen LogP contribution in [0.3, 0.4) is 0 Å². The first-order chi connectivity index (χ1) is 41.8. The molecular weight excluding hydrogens is 1070 g/mol. The van der Waals surface area contributed by atoms with Crippen molar-refractivity contribution in [3.8, 4) is 22.5 Å². The van der Waals surface area contributed by atoms with Gasteiger partial charge in [0.1, 0.15) is 0 Å². The maximum atomic E-state index is 12.0. The monoisotopic (exact) mass is 1160 g/mol. The van der Waals surface area contributed by atoms with Crippen molar-refractivity contribution in [2.24, 2.45) is 0 Å². The van der Waals surface area contributed by atoms with Gasteiger partial charge in [0.15, 0.2) is 0 Å². The Kier molecular flexibility index (Phi) is 17.2. The number of ether oxygens (including phenoxy) is 1. The van der Waals surface area contributed by atoms with Crippen LogP contribution in [0.5, 0.6) is 0 Å². The van der Waals surface area contributed by atoms with Gasteiger partial charge in [-0.1, -0.05) is 125 Å². The van der Waals surface area contributed by atoms with E-state index < -0.39 is 11.9 Å². The van der Waals surface area contributed by atoms with E-state index in [2.05, 4.69) is 113 Å². The molecule has 2 saturated carbocycles. The van der Waals surface area contributed by atoms with Crippen molar-refractivity contribution in [3.63, 3.8) is 0 Å². The van der Waals surface area contributed by atoms with Gasteiger partial charge in [-0.05, 0) is 166 Å². The summed E-state index contributed by atoms with van der Waals surface area (Å²) >= 11 is 0. The summed E-state index contributed by atoms with van der Waals surface area (Å²) in [7, 11) is 0. The van der Waals surface area contributed by atoms with E-state index in [0.29, 0.717) is 41.4 Å². The van der Waals surface area contributed by atoms with Gasteiger partial charge in [0.25, 0.3) is 0 Å². The van der Waals surface area contributed by atoms with Gasteiger partial charge in [0, 0.05) is 95.4 Å². The van der Waals surface area contributed by atoms with Crippen LogP contribution in [0, 0.1) is 0 Å². The van der Waals surface area contributed by atoms with Crippen molar-refractivity contribution in [2.45, 2.75) is 167 Å². The molecule has 2 saturated heterocycles. The standard InChI is InChI=1S/C40H45N3O3.C33H39N3O3.CH4/c44-40(45)31-15-16-33-36(25-31)43-20-8-19-42-26-35(29-17-21-41(22-18-29)23-24-46-27-28-9-3-1-4-10-28)32-13-7-14-34(38(32)42)39(43)37(33)30-11-5-2-6-12-30;37-19-18-34-16-12-22(13-17-34)28-21-35-14-5-15-36-29-20-24(33(38)39)10-11-26(29)30(23-6-2-1-3-7-23)32(36)27-9-4-8-25(28)31(27)35;/h1,3-4,7,9-10,13-16,25-26,29-30H,2,5-6,8,11-12,17-24,27H2,(H,44,45);4,8-11,20-23,37H,1-3,5-7,12-19H2,(H,38,39);1H4. The number of aryl methyl sites for hydroxylation is 4. The summed E-state index contributed by atoms with van der Waals surface area (Å²) in [5.74, 6) is 0.421. The number of piperidine rings is 2. The molecule has 8 heterocycles. The molecule has 86 heavy (non-hydrogen) atoms. The first kappa shape index (κ1) is 58.1. The molecule has 0 atom stereocenters. The molecule has 0 bridgehead atoms. The van der Waals surface area contributed by atoms with E-state index in [1.807, 2.05) is 24.3 Å². The molecule has 450 valence electrons. The van der Waals surface area contributed by atoms with Crippen molar-refractivity contribution < 1.29 is 29.6 Å². The Hall–Kier alpha value is -6.96. The zero-order chi connectivity index (χ0) is 57.5. The largest absolute Gasteiger partial charge is 0.478 e. The zero-order valence-electron chi connectivity index (χ0n) is 49.5. The Morgan fingerprint density at radius 3 is 1.38 bits per heavy atom. The van der Waals surface area contributed by atoms with Crippen LogP contribution in [-0.4, -0.2) is 108 Å². The molecule has 0 radical (unpaired) electrons. The maximum Gasteiger partial charge on any atom is 0.335 e. The van der Waals surface area contributed by atoms with E-state index in [4.69, 9.17) is 4.74 Å². The highest BCUT2D eigenvalue weighted by molar-refractivity contribution is 6.05. The van der Waals surface area contributed by atoms with Gasteiger partial charge < -0.3 is 48.1 Å². The summed E-state index contributed by atoms with van der Waals surface area (Å²) in [6.45, 7) is 11.5. The highest BCUT2D eigenvalue weighted by Gasteiger charge is 2.34. The molecule has 3 N–H and O–H groups in total. The zero-order valence-corrected chi connectivity index (χ0v) is 49.5. The van der Waals surface area contributed by atoms with Crippen molar-refractivity contribution in [3.05, 3.63) is 154 Å². The summed E-state index contributed by atoms with van der Waals surface area (Å²) < 4.78 is 16.0. The molecule has 0 spiro atoms. The number of hydrogen-bond donors (Lipinski definition) is 3. The third kappa shape index (κ3) is 11.0. The lowest BCUT2D eigenvalue weighted by Gasteiger charge is -2.31. The van der Waals surface area contributed by atoms with Gasteiger partial charge in [-0.25, -0.2) is 9.59 Å². The lowest BCUT2D eigenvalue weighted by molar-refractivity contribution is 0.0686. The van der Waals surface area contributed by atoms with Crippen LogP contribution in [0.25, 0.3) is 66.1 Å². The van der Waals surface area contributed by atoms with Crippen molar-refractivity contribution >= 4 is 55.6 Å². The predicted molar refractivity (Wildman–Crippen MR) is 347 cm³/mol. The molecule has 4 fully saturated rings. The number of nitrogens with zero attached hydrogens (tertiary/aromatic N) is 6. The molecule has 0 amide bonds. The van der Waals surface area contributed by atoms with E-state index in [1.165, 1.54) is 160 Å². The minimum atomic E-state index is -0.858. The summed E-state index contributed by atoms with van der Waals surface area (Å²) in [5, 5.41) is 34.3. The number of para-hydroxylation sites is 2. The van der Waals surface area contributed by atoms with Crippen LogP contribution in [-0.2, 0) is 37.5 Å². The maximum absolute atomic E-state index is 12.0. The van der Waals surface area contributed by atoms with Crippen molar-refractivity contribution in [1.82, 2.24) is 28.1 Å². The molecule has 12 heteroatoms. The van der Waals surface area contributed by atoms with E-state index in [1.54, 1.807) is 6.07 Å². The number of fused-ring (bicyclic) bond motifs is 8. The van der Waals surface area contributed by atoms with Gasteiger partial charge in [-0.2, -0.15) is 0 Å². The third-order valence-corrected chi connectivity index (χ3v) is 20.8. The fourth-order valence-corrected chi connectivity index (χ4v) is 16.7.